The highest BCUT2D eigenvalue weighted by Crippen LogP contribution is 2.36. The molecule has 0 saturated carbocycles. The zero-order chi connectivity index (χ0) is 21.3. The molecule has 0 spiro atoms. The van der Waals surface area contributed by atoms with Gasteiger partial charge in [0.1, 0.15) is 30.2 Å². The van der Waals surface area contributed by atoms with Crippen molar-refractivity contribution >= 4 is 23.0 Å². The minimum atomic E-state index is -4.46. The number of hydrogen-bond donors (Lipinski definition) is 0. The summed E-state index contributed by atoms with van der Waals surface area (Å²) in [6.45, 7) is 1.86. The number of rotatable bonds is 3. The number of likely N-dealkylation sites (tertiary alicyclic amines) is 1. The number of nitrogens with zero attached hydrogens (tertiary/aromatic N) is 3. The predicted octanol–water partition coefficient (Wildman–Crippen LogP) is 3.65. The van der Waals surface area contributed by atoms with Crippen LogP contribution in [0.25, 0.3) is 0 Å². The molecule has 4 rings (SSSR count). The Bertz CT molecular complexity index is 918. The average Bonchev–Trinajstić information content (AvgIpc) is 2.77. The number of amides is 1. The monoisotopic (exact) mass is 439 g/mol. The lowest BCUT2D eigenvalue weighted by molar-refractivity contribution is -0.137. The van der Waals surface area contributed by atoms with Gasteiger partial charge in [0, 0.05) is 19.3 Å². The number of fused-ring (bicyclic) bond motifs is 1. The Balaban J connectivity index is 1.60. The van der Waals surface area contributed by atoms with Crippen LogP contribution >= 0.6 is 0 Å². The van der Waals surface area contributed by atoms with E-state index in [1.165, 1.54) is 22.6 Å². The lowest BCUT2D eigenvalue weighted by Crippen LogP contribution is -2.39. The number of carbonyl (C=O) groups is 1. The molecular formula is C20H20F3N3O3S. The van der Waals surface area contributed by atoms with Crippen LogP contribution in [0.3, 0.4) is 0 Å². The van der Waals surface area contributed by atoms with Crippen LogP contribution in [-0.4, -0.2) is 46.6 Å². The van der Waals surface area contributed by atoms with E-state index in [-0.39, 0.29) is 29.8 Å². The second-order valence-electron chi connectivity index (χ2n) is 7.12. The molecule has 1 amide bonds. The Kier molecular flexibility index (Phi) is 5.79. The molecule has 2 aliphatic heterocycles. The van der Waals surface area contributed by atoms with Crippen LogP contribution in [0.15, 0.2) is 41.4 Å². The second-order valence-corrected chi connectivity index (χ2v) is 8.53. The molecule has 1 saturated heterocycles. The van der Waals surface area contributed by atoms with Crippen LogP contribution in [0.2, 0.25) is 0 Å². The van der Waals surface area contributed by atoms with Gasteiger partial charge in [-0.25, -0.2) is 4.98 Å². The van der Waals surface area contributed by atoms with E-state index in [0.717, 1.165) is 31.4 Å². The number of halogens is 3. The molecule has 10 heteroatoms. The Morgan fingerprint density at radius 1 is 1.10 bits per heavy atom. The minimum Gasteiger partial charge on any atom is -0.588 e. The summed E-state index contributed by atoms with van der Waals surface area (Å²) < 4.78 is 58.5. The normalized spacial score (nSPS) is 17.9. The lowest BCUT2D eigenvalue weighted by Gasteiger charge is -2.31. The highest BCUT2D eigenvalue weighted by molar-refractivity contribution is 7.92. The van der Waals surface area contributed by atoms with Crippen LogP contribution in [-0.2, 0) is 17.5 Å². The van der Waals surface area contributed by atoms with Crippen LogP contribution in [0, 0.1) is 0 Å². The van der Waals surface area contributed by atoms with Crippen molar-refractivity contribution in [2.45, 2.75) is 30.3 Å². The fraction of sp³-hybridized carbons (Fsp3) is 0.400. The maximum atomic E-state index is 13.1. The molecule has 3 heterocycles. The molecule has 0 bridgehead atoms. The predicted molar refractivity (Wildman–Crippen MR) is 105 cm³/mol. The number of aromatic nitrogens is 1. The van der Waals surface area contributed by atoms with E-state index in [2.05, 4.69) is 4.98 Å². The molecule has 1 aromatic carbocycles. The minimum absolute atomic E-state index is 0.143. The van der Waals surface area contributed by atoms with Gasteiger partial charge in [0.25, 0.3) is 5.91 Å². The van der Waals surface area contributed by atoms with Crippen molar-refractivity contribution in [1.82, 2.24) is 9.88 Å². The van der Waals surface area contributed by atoms with Gasteiger partial charge in [0.2, 0.25) is 5.88 Å². The molecular weight excluding hydrogens is 419 g/mol. The smallest absolute Gasteiger partial charge is 0.416 e. The third-order valence-electron chi connectivity index (χ3n) is 5.11. The maximum Gasteiger partial charge on any atom is 0.416 e. The van der Waals surface area contributed by atoms with Crippen LogP contribution < -0.4 is 9.04 Å². The first-order valence-corrected chi connectivity index (χ1v) is 10.7. The van der Waals surface area contributed by atoms with Crippen LogP contribution in [0.4, 0.5) is 18.9 Å². The van der Waals surface area contributed by atoms with Crippen molar-refractivity contribution in [1.29, 1.82) is 0 Å². The van der Waals surface area contributed by atoms with Gasteiger partial charge in [0.05, 0.1) is 11.1 Å². The average molecular weight is 439 g/mol. The molecule has 0 N–H and O–H groups in total. The molecule has 0 aliphatic carbocycles. The van der Waals surface area contributed by atoms with E-state index < -0.39 is 23.1 Å². The zero-order valence-electron chi connectivity index (χ0n) is 16.0. The molecule has 30 heavy (non-hydrogen) atoms. The first kappa shape index (κ1) is 20.8. The van der Waals surface area contributed by atoms with Gasteiger partial charge in [-0.1, -0.05) is 0 Å². The molecule has 2 aromatic rings. The van der Waals surface area contributed by atoms with Crippen LogP contribution in [0.1, 0.15) is 35.2 Å². The van der Waals surface area contributed by atoms with Gasteiger partial charge in [-0.05, 0) is 49.6 Å². The van der Waals surface area contributed by atoms with Crippen molar-refractivity contribution in [3.63, 3.8) is 0 Å². The molecule has 1 aromatic heterocycles. The SMILES string of the molecule is O=C(c1cnc2c(c1)N([S+]([O-])c1ccc(C(F)(F)F)cc1)CCO2)N1CCCCC1. The summed E-state index contributed by atoms with van der Waals surface area (Å²) in [5.74, 6) is 0.104. The standard InChI is InChI=1S/C20H20F3N3O3S/c21-20(22,23)15-4-6-16(7-5-15)30(28)26-10-11-29-18-17(26)12-14(13-24-18)19(27)25-8-2-1-3-9-25/h4-7,12-13H,1-3,8-11H2. The summed E-state index contributed by atoms with van der Waals surface area (Å²) in [6.07, 6.45) is -0.00590. The maximum absolute atomic E-state index is 13.1. The van der Waals surface area contributed by atoms with Gasteiger partial charge in [-0.3, -0.25) is 4.79 Å². The topological polar surface area (TPSA) is 68.7 Å². The first-order valence-electron chi connectivity index (χ1n) is 9.63. The van der Waals surface area contributed by atoms with Crippen molar-refractivity contribution in [3.05, 3.63) is 47.7 Å². The zero-order valence-corrected chi connectivity index (χ0v) is 16.8. The lowest BCUT2D eigenvalue weighted by atomic mass is 10.1. The highest BCUT2D eigenvalue weighted by atomic mass is 32.2. The van der Waals surface area contributed by atoms with Crippen LogP contribution in [0.5, 0.6) is 5.88 Å². The number of benzene rings is 1. The van der Waals surface area contributed by atoms with E-state index >= 15 is 0 Å². The van der Waals surface area contributed by atoms with Gasteiger partial charge >= 0.3 is 6.18 Å². The van der Waals surface area contributed by atoms with E-state index in [0.29, 0.717) is 24.3 Å². The van der Waals surface area contributed by atoms with Crippen molar-refractivity contribution in [3.8, 4) is 5.88 Å². The number of piperidine rings is 1. The van der Waals surface area contributed by atoms with E-state index in [1.54, 1.807) is 11.0 Å². The largest absolute Gasteiger partial charge is 0.588 e. The van der Waals surface area contributed by atoms with E-state index in [4.69, 9.17) is 4.74 Å². The van der Waals surface area contributed by atoms with Gasteiger partial charge in [-0.15, -0.1) is 0 Å². The third kappa shape index (κ3) is 4.20. The van der Waals surface area contributed by atoms with Crippen molar-refractivity contribution in [2.24, 2.45) is 0 Å². The quantitative estimate of drug-likeness (QED) is 0.683. The molecule has 6 nitrogen and oxygen atoms in total. The fourth-order valence-corrected chi connectivity index (χ4v) is 4.71. The summed E-state index contributed by atoms with van der Waals surface area (Å²) >= 11 is -1.77. The van der Waals surface area contributed by atoms with Gasteiger partial charge in [0.15, 0.2) is 4.90 Å². The Hall–Kier alpha value is -2.46. The van der Waals surface area contributed by atoms with E-state index in [1.807, 2.05) is 0 Å². The summed E-state index contributed by atoms with van der Waals surface area (Å²) in [7, 11) is 0. The summed E-state index contributed by atoms with van der Waals surface area (Å²) in [6, 6.07) is 5.81. The number of alkyl halides is 3. The van der Waals surface area contributed by atoms with E-state index in [9.17, 15) is 22.5 Å². The third-order valence-corrected chi connectivity index (χ3v) is 6.56. The fourth-order valence-electron chi connectivity index (χ4n) is 3.53. The number of hydrogen-bond acceptors (Lipinski definition) is 5. The molecule has 0 radical (unpaired) electrons. The highest BCUT2D eigenvalue weighted by Gasteiger charge is 2.34. The summed E-state index contributed by atoms with van der Waals surface area (Å²) in [4.78, 5) is 19.0. The van der Waals surface area contributed by atoms with Gasteiger partial charge in [-0.2, -0.15) is 17.5 Å². The van der Waals surface area contributed by atoms with Crippen molar-refractivity contribution < 1.29 is 27.3 Å². The molecule has 160 valence electrons. The summed E-state index contributed by atoms with van der Waals surface area (Å²) in [5.41, 5.74) is -0.0420. The van der Waals surface area contributed by atoms with Crippen molar-refractivity contribution in [2.75, 3.05) is 30.5 Å². The number of carbonyl (C=O) groups excluding carboxylic acids is 1. The first-order chi connectivity index (χ1) is 14.3. The molecule has 2 aliphatic rings. The van der Waals surface area contributed by atoms with Gasteiger partial charge < -0.3 is 14.2 Å². The summed E-state index contributed by atoms with van der Waals surface area (Å²) in [5, 5.41) is 0. The molecule has 1 atom stereocenters. The Morgan fingerprint density at radius 2 is 1.80 bits per heavy atom. The molecule has 1 unspecified atom stereocenters. The number of pyridine rings is 1. The second kappa shape index (κ2) is 8.35. The number of ether oxygens (including phenoxy) is 1. The Morgan fingerprint density at radius 3 is 2.47 bits per heavy atom. The Labute approximate surface area is 175 Å². The number of anilines is 1. The molecule has 1 fully saturated rings.